The van der Waals surface area contributed by atoms with Gasteiger partial charge in [-0.25, -0.2) is 0 Å². The highest BCUT2D eigenvalue weighted by molar-refractivity contribution is 6.23. The number of hydrogen-bond donors (Lipinski definition) is 0. The molecule has 0 radical (unpaired) electrons. The fourth-order valence-electron chi connectivity index (χ4n) is 6.94. The van der Waals surface area contributed by atoms with E-state index in [9.17, 15) is 0 Å². The van der Waals surface area contributed by atoms with Gasteiger partial charge in [-0.15, -0.1) is 0 Å². The summed E-state index contributed by atoms with van der Waals surface area (Å²) in [6.45, 7) is 14.2. The number of hydrogen-bond acceptors (Lipinski definition) is 0. The van der Waals surface area contributed by atoms with Crippen molar-refractivity contribution in [3.8, 4) is 11.1 Å². The lowest BCUT2D eigenvalue weighted by molar-refractivity contribution is 0.630. The number of rotatable bonds is 3. The Morgan fingerprint density at radius 1 is 0.622 bits per heavy atom. The summed E-state index contributed by atoms with van der Waals surface area (Å²) in [6.07, 6.45) is 0. The standard InChI is InChI=1S/C37H34/c1-22(2)26-13-16-28-29-18-15-27(21-33(29)37(5,6)32(28)20-26)36(3,4)31-19-14-25-11-10-23-8-7-9-24-12-17-30(31)35(25)34(23)24/h7-22H,1-6H3. The summed E-state index contributed by atoms with van der Waals surface area (Å²) in [5.41, 5.74) is 9.77. The van der Waals surface area contributed by atoms with E-state index in [4.69, 9.17) is 0 Å². The average molecular weight is 479 g/mol. The Bertz CT molecular complexity index is 1830. The van der Waals surface area contributed by atoms with Crippen LogP contribution in [0.3, 0.4) is 0 Å². The van der Waals surface area contributed by atoms with Crippen LogP contribution in [0.4, 0.5) is 0 Å². The van der Waals surface area contributed by atoms with Gasteiger partial charge in [0.25, 0.3) is 0 Å². The Hall–Kier alpha value is -3.64. The minimum atomic E-state index is -0.134. The Labute approximate surface area is 220 Å². The van der Waals surface area contributed by atoms with Gasteiger partial charge in [0, 0.05) is 10.8 Å². The van der Waals surface area contributed by atoms with Gasteiger partial charge >= 0.3 is 0 Å². The van der Waals surface area contributed by atoms with Crippen LogP contribution in [-0.2, 0) is 10.8 Å². The Kier molecular flexibility index (Phi) is 4.54. The summed E-state index contributed by atoms with van der Waals surface area (Å²) >= 11 is 0. The molecule has 0 aromatic heterocycles. The molecule has 0 N–H and O–H groups in total. The van der Waals surface area contributed by atoms with Crippen molar-refractivity contribution in [1.29, 1.82) is 0 Å². The van der Waals surface area contributed by atoms with Crippen molar-refractivity contribution in [2.24, 2.45) is 0 Å². The lowest BCUT2D eigenvalue weighted by atomic mass is 9.73. The summed E-state index contributed by atoms with van der Waals surface area (Å²) < 4.78 is 0. The molecule has 0 bridgehead atoms. The molecule has 0 unspecified atom stereocenters. The van der Waals surface area contributed by atoms with Crippen LogP contribution in [0, 0.1) is 0 Å². The molecular formula is C37H34. The maximum Gasteiger partial charge on any atom is 0.0159 e. The third kappa shape index (κ3) is 3.02. The SMILES string of the molecule is CC(C)c1ccc2c(c1)C(C)(C)c1cc(C(C)(C)c3ccc4ccc5cccc6ccc3c4c56)ccc1-2. The van der Waals surface area contributed by atoms with Gasteiger partial charge < -0.3 is 0 Å². The zero-order valence-electron chi connectivity index (χ0n) is 22.7. The largest absolute Gasteiger partial charge is 0.0610 e. The molecule has 0 saturated carbocycles. The first-order valence-corrected chi connectivity index (χ1v) is 13.6. The van der Waals surface area contributed by atoms with Crippen molar-refractivity contribution in [1.82, 2.24) is 0 Å². The monoisotopic (exact) mass is 478 g/mol. The van der Waals surface area contributed by atoms with Gasteiger partial charge in [0.1, 0.15) is 0 Å². The van der Waals surface area contributed by atoms with E-state index in [1.54, 1.807) is 0 Å². The third-order valence-electron chi connectivity index (χ3n) is 9.29. The third-order valence-corrected chi connectivity index (χ3v) is 9.29. The zero-order chi connectivity index (χ0) is 25.7. The summed E-state index contributed by atoms with van der Waals surface area (Å²) in [5, 5.41) is 8.13. The maximum atomic E-state index is 2.50. The van der Waals surface area contributed by atoms with Gasteiger partial charge in [0.15, 0.2) is 0 Å². The molecule has 7 rings (SSSR count). The molecule has 1 aliphatic carbocycles. The first kappa shape index (κ1) is 22.5. The molecule has 0 heterocycles. The molecule has 6 aromatic rings. The normalized spacial score (nSPS) is 14.7. The minimum Gasteiger partial charge on any atom is -0.0610 e. The van der Waals surface area contributed by atoms with Crippen LogP contribution < -0.4 is 0 Å². The minimum absolute atomic E-state index is 0.00961. The fraction of sp³-hybridized carbons (Fsp3) is 0.243. The molecule has 0 fully saturated rings. The van der Waals surface area contributed by atoms with Crippen molar-refractivity contribution < 1.29 is 0 Å². The molecule has 0 saturated heterocycles. The molecule has 6 aromatic carbocycles. The highest BCUT2D eigenvalue weighted by Gasteiger charge is 2.37. The van der Waals surface area contributed by atoms with Crippen LogP contribution in [0.2, 0.25) is 0 Å². The fourth-order valence-corrected chi connectivity index (χ4v) is 6.94. The predicted molar refractivity (Wildman–Crippen MR) is 160 cm³/mol. The molecule has 182 valence electrons. The second kappa shape index (κ2) is 7.45. The van der Waals surface area contributed by atoms with Crippen LogP contribution >= 0.6 is 0 Å². The van der Waals surface area contributed by atoms with Gasteiger partial charge in [-0.1, -0.05) is 133 Å². The van der Waals surface area contributed by atoms with E-state index in [1.807, 2.05) is 0 Å². The first-order chi connectivity index (χ1) is 17.7. The van der Waals surface area contributed by atoms with Crippen molar-refractivity contribution in [3.05, 3.63) is 119 Å². The molecular weight excluding hydrogens is 444 g/mol. The average Bonchev–Trinajstić information content (AvgIpc) is 3.13. The summed E-state index contributed by atoms with van der Waals surface area (Å²) in [4.78, 5) is 0. The second-order valence-corrected chi connectivity index (χ2v) is 12.4. The Balaban J connectivity index is 1.42. The maximum absolute atomic E-state index is 2.50. The summed E-state index contributed by atoms with van der Waals surface area (Å²) in [6, 6.07) is 34.9. The topological polar surface area (TPSA) is 0 Å². The van der Waals surface area contributed by atoms with E-state index >= 15 is 0 Å². The van der Waals surface area contributed by atoms with Crippen molar-refractivity contribution in [2.75, 3.05) is 0 Å². The highest BCUT2D eigenvalue weighted by Crippen LogP contribution is 2.51. The van der Waals surface area contributed by atoms with Gasteiger partial charge in [-0.3, -0.25) is 0 Å². The molecule has 0 aliphatic heterocycles. The molecule has 0 nitrogen and oxygen atoms in total. The summed E-state index contributed by atoms with van der Waals surface area (Å²) in [5.74, 6) is 0.536. The van der Waals surface area contributed by atoms with Crippen LogP contribution in [0.25, 0.3) is 43.4 Å². The van der Waals surface area contributed by atoms with Gasteiger partial charge in [-0.05, 0) is 77.2 Å². The second-order valence-electron chi connectivity index (χ2n) is 12.4. The Morgan fingerprint density at radius 2 is 1.22 bits per heavy atom. The first-order valence-electron chi connectivity index (χ1n) is 13.6. The van der Waals surface area contributed by atoms with Crippen LogP contribution in [0.1, 0.15) is 75.3 Å². The molecule has 0 spiro atoms. The van der Waals surface area contributed by atoms with E-state index in [0.29, 0.717) is 5.92 Å². The van der Waals surface area contributed by atoms with E-state index < -0.39 is 0 Å². The lowest BCUT2D eigenvalue weighted by Gasteiger charge is -2.30. The molecule has 0 amide bonds. The van der Waals surface area contributed by atoms with E-state index in [0.717, 1.165) is 0 Å². The highest BCUT2D eigenvalue weighted by atomic mass is 14.4. The van der Waals surface area contributed by atoms with Gasteiger partial charge in [-0.2, -0.15) is 0 Å². The van der Waals surface area contributed by atoms with Crippen molar-refractivity contribution >= 4 is 32.3 Å². The Morgan fingerprint density at radius 3 is 1.92 bits per heavy atom. The van der Waals surface area contributed by atoms with Crippen LogP contribution in [0.15, 0.2) is 91.0 Å². The smallest absolute Gasteiger partial charge is 0.0159 e. The van der Waals surface area contributed by atoms with Gasteiger partial charge in [0.05, 0.1) is 0 Å². The van der Waals surface area contributed by atoms with Crippen LogP contribution in [-0.4, -0.2) is 0 Å². The lowest BCUT2D eigenvalue weighted by Crippen LogP contribution is -2.21. The quantitative estimate of drug-likeness (QED) is 0.222. The van der Waals surface area contributed by atoms with Crippen molar-refractivity contribution in [2.45, 2.75) is 58.3 Å². The van der Waals surface area contributed by atoms with E-state index in [-0.39, 0.29) is 10.8 Å². The molecule has 37 heavy (non-hydrogen) atoms. The number of fused-ring (bicyclic) bond motifs is 3. The van der Waals surface area contributed by atoms with E-state index in [1.165, 1.54) is 71.3 Å². The summed E-state index contributed by atoms with van der Waals surface area (Å²) in [7, 11) is 0. The zero-order valence-corrected chi connectivity index (χ0v) is 22.7. The number of benzene rings is 6. The molecule has 0 atom stereocenters. The van der Waals surface area contributed by atoms with E-state index in [2.05, 4.69) is 133 Å². The predicted octanol–water partition coefficient (Wildman–Crippen LogP) is 10.3. The van der Waals surface area contributed by atoms with Crippen LogP contribution in [0.5, 0.6) is 0 Å². The van der Waals surface area contributed by atoms with Gasteiger partial charge in [0.2, 0.25) is 0 Å². The molecule has 0 heteroatoms. The van der Waals surface area contributed by atoms with Crippen molar-refractivity contribution in [3.63, 3.8) is 0 Å². The molecule has 1 aliphatic rings.